The number of furan rings is 3. The average molecular weight is 1690 g/mol. The van der Waals surface area contributed by atoms with Gasteiger partial charge in [-0.15, -0.1) is 0 Å². The summed E-state index contributed by atoms with van der Waals surface area (Å²) < 4.78 is 22.6. The van der Waals surface area contributed by atoms with E-state index in [0.717, 1.165) is 107 Å². The van der Waals surface area contributed by atoms with Gasteiger partial charge < -0.3 is 13.3 Å². The van der Waals surface area contributed by atoms with E-state index in [1.807, 2.05) is 24.4 Å². The molecule has 0 saturated carbocycles. The minimum Gasteiger partial charge on any atom is -0.456 e. The van der Waals surface area contributed by atoms with Crippen molar-refractivity contribution in [2.24, 2.45) is 0 Å². The highest BCUT2D eigenvalue weighted by Crippen LogP contribution is 2.70. The molecule has 6 aromatic heterocycles. The zero-order valence-corrected chi connectivity index (χ0v) is 71.9. The fourth-order valence-corrected chi connectivity index (χ4v) is 23.8. The first kappa shape index (κ1) is 74.7. The van der Waals surface area contributed by atoms with Crippen LogP contribution in [0.1, 0.15) is 66.8 Å². The Bertz CT molecular complexity index is 8870. The lowest BCUT2D eigenvalue weighted by atomic mass is 9.70. The molecular weight excluding hydrogens is 1620 g/mol. The Morgan fingerprint density at radius 3 is 1.17 bits per heavy atom. The molecule has 0 radical (unpaired) electrons. The van der Waals surface area contributed by atoms with Crippen LogP contribution in [0.5, 0.6) is 0 Å². The summed E-state index contributed by atoms with van der Waals surface area (Å²) in [5.74, 6) is 3.85. The van der Waals surface area contributed by atoms with Crippen molar-refractivity contribution >= 4 is 54.8 Å². The molecule has 24 aromatic rings. The SMILES string of the molecule is c1ccc(-c2cc(-c3cccc4c3-c3oc5ccccc5c3C43c4ccccc4-c4ccccc43)c3ccccc3n2)cc1.c1ccc(-c2ccc(-c3ccc4c(c3)-c3oc5ccccc5c3C43c4ccccc4-c4ccccc43)cc2)nc1.c1ccc(-c2ccc(-n3c(-c4ccc5c(c4)-c4ccccc4C54c5ccccc5-c5oc6ccccc6c54)nc4ccccc43)cc2)cc1. The van der Waals surface area contributed by atoms with Gasteiger partial charge >= 0.3 is 0 Å². The molecule has 6 heterocycles. The van der Waals surface area contributed by atoms with Gasteiger partial charge in [0.05, 0.1) is 44.2 Å². The molecule has 30 rings (SSSR count). The van der Waals surface area contributed by atoms with Gasteiger partial charge in [0.1, 0.15) is 39.9 Å². The van der Waals surface area contributed by atoms with Crippen molar-refractivity contribution in [2.45, 2.75) is 16.2 Å². The van der Waals surface area contributed by atoms with E-state index >= 15 is 0 Å². The molecule has 7 heteroatoms. The molecule has 3 spiro atoms. The van der Waals surface area contributed by atoms with Crippen LogP contribution < -0.4 is 0 Å². The average Bonchev–Trinajstić information content (AvgIpc) is 1.50. The van der Waals surface area contributed by atoms with Crippen LogP contribution in [0, 0.1) is 0 Å². The van der Waals surface area contributed by atoms with E-state index in [2.05, 4.69) is 446 Å². The van der Waals surface area contributed by atoms with Crippen LogP contribution in [-0.2, 0) is 16.2 Å². The van der Waals surface area contributed by atoms with Crippen LogP contribution in [0.2, 0.25) is 0 Å². The van der Waals surface area contributed by atoms with Gasteiger partial charge in [0.15, 0.2) is 0 Å². The number of aromatic nitrogens is 4. The fraction of sp³-hybridized carbons (Fsp3) is 0.0238. The molecule has 0 amide bonds. The Kier molecular flexibility index (Phi) is 16.2. The normalized spacial score (nSPS) is 14.3. The van der Waals surface area contributed by atoms with Gasteiger partial charge in [-0.2, -0.15) is 0 Å². The van der Waals surface area contributed by atoms with Crippen molar-refractivity contribution in [3.63, 3.8) is 0 Å². The molecule has 18 aromatic carbocycles. The Morgan fingerprint density at radius 1 is 0.211 bits per heavy atom. The molecule has 0 saturated heterocycles. The molecule has 1 atom stereocenters. The summed E-state index contributed by atoms with van der Waals surface area (Å²) in [5, 5.41) is 4.65. The lowest BCUT2D eigenvalue weighted by molar-refractivity contribution is 0.628. The number of rotatable bonds is 7. The third kappa shape index (κ3) is 10.5. The second-order valence-corrected chi connectivity index (χ2v) is 35.6. The minimum absolute atomic E-state index is 0.411. The number of para-hydroxylation sites is 6. The topological polar surface area (TPSA) is 83.0 Å². The summed E-state index contributed by atoms with van der Waals surface area (Å²) in [5.41, 5.74) is 44.5. The van der Waals surface area contributed by atoms with E-state index in [9.17, 15) is 0 Å². The molecule has 6 aliphatic carbocycles. The van der Waals surface area contributed by atoms with E-state index in [4.69, 9.17) is 23.2 Å². The quantitative estimate of drug-likeness (QED) is 0.158. The summed E-state index contributed by atoms with van der Waals surface area (Å²) in [6, 6.07) is 163. The van der Waals surface area contributed by atoms with E-state index in [1.165, 1.54) is 155 Å². The lowest BCUT2D eigenvalue weighted by Gasteiger charge is -2.30. The Hall–Kier alpha value is -17.4. The van der Waals surface area contributed by atoms with Crippen LogP contribution >= 0.6 is 0 Å². The first-order valence-corrected chi connectivity index (χ1v) is 45.7. The summed E-state index contributed by atoms with van der Waals surface area (Å²) in [6.07, 6.45) is 1.84. The van der Waals surface area contributed by atoms with Crippen LogP contribution in [0.25, 0.3) is 195 Å². The molecule has 0 fully saturated rings. The maximum atomic E-state index is 6.93. The van der Waals surface area contributed by atoms with Crippen molar-refractivity contribution in [3.05, 3.63) is 528 Å². The van der Waals surface area contributed by atoms with Gasteiger partial charge in [0.25, 0.3) is 0 Å². The molecular formula is C126H76N4O3. The predicted molar refractivity (Wildman–Crippen MR) is 538 cm³/mol. The molecule has 133 heavy (non-hydrogen) atoms. The number of pyridine rings is 2. The molecule has 0 bridgehead atoms. The fourth-order valence-electron chi connectivity index (χ4n) is 23.8. The van der Waals surface area contributed by atoms with Gasteiger partial charge in [0, 0.05) is 83.5 Å². The van der Waals surface area contributed by atoms with Crippen molar-refractivity contribution in [1.29, 1.82) is 0 Å². The number of benzene rings is 18. The molecule has 6 aliphatic rings. The first-order valence-electron chi connectivity index (χ1n) is 45.7. The van der Waals surface area contributed by atoms with E-state index in [-0.39, 0.29) is 0 Å². The molecule has 1 unspecified atom stereocenters. The van der Waals surface area contributed by atoms with Gasteiger partial charge in [-0.05, 0) is 196 Å². The van der Waals surface area contributed by atoms with Crippen LogP contribution in [0.4, 0.5) is 0 Å². The van der Waals surface area contributed by atoms with Gasteiger partial charge in [-0.3, -0.25) is 9.55 Å². The summed E-state index contributed by atoms with van der Waals surface area (Å²) in [7, 11) is 0. The van der Waals surface area contributed by atoms with Gasteiger partial charge in [-0.25, -0.2) is 9.97 Å². The van der Waals surface area contributed by atoms with Crippen molar-refractivity contribution in [1.82, 2.24) is 19.5 Å². The number of nitrogens with zero attached hydrogens (tertiary/aromatic N) is 4. The zero-order valence-electron chi connectivity index (χ0n) is 71.9. The van der Waals surface area contributed by atoms with E-state index in [0.29, 0.717) is 0 Å². The largest absolute Gasteiger partial charge is 0.456 e. The second-order valence-electron chi connectivity index (χ2n) is 35.6. The highest BCUT2D eigenvalue weighted by molar-refractivity contribution is 6.10. The number of hydrogen-bond donors (Lipinski definition) is 0. The molecule has 0 aliphatic heterocycles. The zero-order chi connectivity index (χ0) is 87.2. The molecule has 0 N–H and O–H groups in total. The van der Waals surface area contributed by atoms with Gasteiger partial charge in [-0.1, -0.05) is 376 Å². The third-order valence-electron chi connectivity index (χ3n) is 29.1. The predicted octanol–water partition coefficient (Wildman–Crippen LogP) is 31.6. The maximum absolute atomic E-state index is 6.93. The standard InChI is InChI=1S/C46H28N2O.C42H25NO.C38H23NO/c1-2-12-29(13-3-1)30-22-25-32(26-23-30)48-41-20-10-9-19-40(41)47-45(48)31-24-27-39-36(28-31)33-14-4-7-17-37(33)46(39)38-18-8-5-15-34(38)44-43(46)35-16-6-11-21-42(35)49-44;1-2-13-26(14-3-1)37-25-32(29-17-6-10-23-36(29)43-37)30-19-12-22-35-39(30)41-40(31-18-7-11-24-38(31)44-41)42(35)33-20-8-4-15-27(33)28-16-5-9-21-34(28)42;1-4-12-31-27(9-1)28-10-2-5-13-32(28)38(31)33-21-20-26(24-16-18-25(19-17-24)34-14-7-8-22-39-34)23-30(33)37-36(38)29-11-3-6-15-35(29)40-37/h1-28H;1-25H;1-23H. The van der Waals surface area contributed by atoms with Gasteiger partial charge in [0.2, 0.25) is 0 Å². The minimum atomic E-state index is -0.481. The van der Waals surface area contributed by atoms with E-state index < -0.39 is 16.2 Å². The number of hydrogen-bond acceptors (Lipinski definition) is 6. The van der Waals surface area contributed by atoms with Crippen LogP contribution in [-0.4, -0.2) is 19.5 Å². The lowest BCUT2D eigenvalue weighted by Crippen LogP contribution is -2.25. The van der Waals surface area contributed by atoms with E-state index in [1.54, 1.807) is 0 Å². The Balaban J connectivity index is 0.000000100. The smallest absolute Gasteiger partial charge is 0.145 e. The first-order chi connectivity index (χ1) is 66.0. The maximum Gasteiger partial charge on any atom is 0.145 e. The Labute approximate surface area is 766 Å². The van der Waals surface area contributed by atoms with Crippen molar-refractivity contribution in [3.8, 4) is 140 Å². The highest BCUT2D eigenvalue weighted by Gasteiger charge is 2.58. The summed E-state index contributed by atoms with van der Waals surface area (Å²) in [6.45, 7) is 0. The Morgan fingerprint density at radius 2 is 0.586 bits per heavy atom. The molecule has 7 nitrogen and oxygen atoms in total. The molecule has 618 valence electrons. The van der Waals surface area contributed by atoms with Crippen LogP contribution in [0.15, 0.2) is 474 Å². The second kappa shape index (κ2) is 28.8. The number of fused-ring (bicyclic) bond motifs is 38. The van der Waals surface area contributed by atoms with Crippen molar-refractivity contribution in [2.75, 3.05) is 0 Å². The number of imidazole rings is 1. The highest BCUT2D eigenvalue weighted by atomic mass is 16.3. The third-order valence-corrected chi connectivity index (χ3v) is 29.1. The summed E-state index contributed by atoms with van der Waals surface area (Å²) in [4.78, 5) is 14.9. The monoisotopic (exact) mass is 1690 g/mol. The van der Waals surface area contributed by atoms with Crippen molar-refractivity contribution < 1.29 is 13.3 Å². The summed E-state index contributed by atoms with van der Waals surface area (Å²) >= 11 is 0. The van der Waals surface area contributed by atoms with Crippen LogP contribution in [0.3, 0.4) is 0 Å².